The molecule has 0 atom stereocenters. The highest BCUT2D eigenvalue weighted by Crippen LogP contribution is 2.38. The van der Waals surface area contributed by atoms with Crippen molar-refractivity contribution in [2.75, 3.05) is 58.9 Å². The van der Waals surface area contributed by atoms with Gasteiger partial charge in [0.1, 0.15) is 5.82 Å². The van der Waals surface area contributed by atoms with Crippen LogP contribution in [0.3, 0.4) is 0 Å². The zero-order valence-electron chi connectivity index (χ0n) is 31.2. The quantitative estimate of drug-likeness (QED) is 0.202. The molecule has 3 aromatic carbocycles. The van der Waals surface area contributed by atoms with Gasteiger partial charge in [-0.25, -0.2) is 22.0 Å². The van der Waals surface area contributed by atoms with E-state index in [-0.39, 0.29) is 16.1 Å². The number of rotatable bonds is 8. The van der Waals surface area contributed by atoms with Gasteiger partial charge in [-0.3, -0.25) is 0 Å². The van der Waals surface area contributed by atoms with Crippen LogP contribution in [0.15, 0.2) is 54.6 Å². The minimum Gasteiger partial charge on any atom is -0.385 e. The smallest absolute Gasteiger partial charge is 0.164 e. The van der Waals surface area contributed by atoms with Crippen molar-refractivity contribution in [3.63, 3.8) is 0 Å². The lowest BCUT2D eigenvalue weighted by atomic mass is 9.84. The van der Waals surface area contributed by atoms with E-state index >= 15 is 0 Å². The normalized spacial score (nSPS) is 20.2. The molecule has 0 aromatic heterocycles. The highest BCUT2D eigenvalue weighted by molar-refractivity contribution is 6.31. The van der Waals surface area contributed by atoms with Crippen LogP contribution in [-0.4, -0.2) is 88.9 Å². The van der Waals surface area contributed by atoms with Gasteiger partial charge in [0.05, 0.1) is 21.8 Å². The van der Waals surface area contributed by atoms with Crippen molar-refractivity contribution in [3.8, 4) is 0 Å². The topological polar surface area (TPSA) is 70.4 Å². The Hall–Kier alpha value is -2.64. The average molecular weight is 768 g/mol. The lowest BCUT2D eigenvalue weighted by Crippen LogP contribution is -2.43. The molecule has 0 radical (unpaired) electrons. The van der Waals surface area contributed by atoms with Gasteiger partial charge in [0.15, 0.2) is 23.3 Å². The molecule has 3 aliphatic heterocycles. The fourth-order valence-corrected chi connectivity index (χ4v) is 7.86. The highest BCUT2D eigenvalue weighted by atomic mass is 35.5. The van der Waals surface area contributed by atoms with Crippen molar-refractivity contribution in [2.24, 2.45) is 0 Å². The second kappa shape index (κ2) is 19.3. The predicted molar refractivity (Wildman–Crippen MR) is 199 cm³/mol. The fourth-order valence-electron chi connectivity index (χ4n) is 7.56. The summed E-state index contributed by atoms with van der Waals surface area (Å²) in [7, 11) is 0. The molecule has 12 heteroatoms. The Labute approximate surface area is 316 Å². The van der Waals surface area contributed by atoms with Crippen LogP contribution in [0.2, 0.25) is 5.02 Å². The summed E-state index contributed by atoms with van der Waals surface area (Å²) >= 11 is 5.97. The predicted octanol–water partition coefficient (Wildman–Crippen LogP) is 8.10. The summed E-state index contributed by atoms with van der Waals surface area (Å²) in [5.74, 6) is -4.08. The van der Waals surface area contributed by atoms with E-state index in [9.17, 15) is 37.3 Å². The van der Waals surface area contributed by atoms with E-state index in [4.69, 9.17) is 11.6 Å². The SMILES string of the molecule is CCCN1CCC(O)(c2cccc(F)c2Cl)CC1.CCCN1CCC(O)(c2cccc(F)c2F)CC1.CCN1CCC(O)(c2cccc(F)c2F)CC1. The molecular formula is C41H55ClF5N3O3. The van der Waals surface area contributed by atoms with E-state index in [2.05, 4.69) is 28.5 Å². The van der Waals surface area contributed by atoms with Crippen LogP contribution in [0, 0.1) is 29.1 Å². The largest absolute Gasteiger partial charge is 0.385 e. The first-order chi connectivity index (χ1) is 25.2. The molecule has 6 nitrogen and oxygen atoms in total. The van der Waals surface area contributed by atoms with Crippen LogP contribution in [0.1, 0.15) is 88.8 Å². The zero-order valence-corrected chi connectivity index (χ0v) is 31.9. The Balaban J connectivity index is 0.000000178. The standard InChI is InChI=1S/C14H19ClFNO.C14H19F2NO.C13H17F2NO/c1-2-8-17-9-6-14(18,7-10-17)11-4-3-5-12(16)13(11)15;1-2-8-17-9-6-14(18,7-10-17)11-4-3-5-12(15)13(11)16;1-2-16-8-6-13(17,7-9-16)10-4-3-5-11(14)12(10)15/h2*3-5,18H,2,6-10H2,1H3;3-5,17H,2,6-9H2,1H3. The number of piperidine rings is 3. The summed E-state index contributed by atoms with van der Waals surface area (Å²) in [5.41, 5.74) is -2.72. The number of hydrogen-bond acceptors (Lipinski definition) is 6. The van der Waals surface area contributed by atoms with Crippen LogP contribution < -0.4 is 0 Å². The molecule has 0 bridgehead atoms. The number of likely N-dealkylation sites (tertiary alicyclic amines) is 3. The lowest BCUT2D eigenvalue weighted by molar-refractivity contribution is -0.0288. The fraction of sp³-hybridized carbons (Fsp3) is 0.561. The Morgan fingerprint density at radius 3 is 1.19 bits per heavy atom. The number of halogens is 6. The third-order valence-corrected chi connectivity index (χ3v) is 11.3. The molecule has 0 spiro atoms. The third-order valence-electron chi connectivity index (χ3n) is 10.9. The van der Waals surface area contributed by atoms with Gasteiger partial charge in [0.2, 0.25) is 0 Å². The van der Waals surface area contributed by atoms with Gasteiger partial charge in [0, 0.05) is 56.0 Å². The maximum atomic E-state index is 13.7. The molecule has 0 aliphatic carbocycles. The van der Waals surface area contributed by atoms with Crippen LogP contribution in [-0.2, 0) is 16.8 Å². The van der Waals surface area contributed by atoms with Crippen molar-refractivity contribution < 1.29 is 37.3 Å². The van der Waals surface area contributed by atoms with Crippen LogP contribution >= 0.6 is 11.6 Å². The van der Waals surface area contributed by atoms with E-state index in [0.717, 1.165) is 70.8 Å². The molecule has 0 amide bonds. The van der Waals surface area contributed by atoms with Gasteiger partial charge in [-0.15, -0.1) is 0 Å². The molecule has 3 fully saturated rings. The Bertz CT molecular complexity index is 1530. The van der Waals surface area contributed by atoms with E-state index < -0.39 is 45.9 Å². The number of aliphatic hydroxyl groups is 3. The van der Waals surface area contributed by atoms with Crippen molar-refractivity contribution in [2.45, 2.75) is 88.9 Å². The molecule has 3 saturated heterocycles. The van der Waals surface area contributed by atoms with Crippen LogP contribution in [0.25, 0.3) is 0 Å². The van der Waals surface area contributed by atoms with E-state index in [1.807, 2.05) is 6.92 Å². The maximum Gasteiger partial charge on any atom is 0.164 e. The molecule has 0 unspecified atom stereocenters. The van der Waals surface area contributed by atoms with Gasteiger partial charge in [0.25, 0.3) is 0 Å². The minimum absolute atomic E-state index is 0.0592. The second-order valence-electron chi connectivity index (χ2n) is 14.5. The zero-order chi connectivity index (χ0) is 38.8. The summed E-state index contributed by atoms with van der Waals surface area (Å²) in [5, 5.41) is 31.6. The number of benzene rings is 3. The molecule has 3 aromatic rings. The molecule has 294 valence electrons. The van der Waals surface area contributed by atoms with Crippen molar-refractivity contribution in [1.82, 2.24) is 14.7 Å². The van der Waals surface area contributed by atoms with E-state index in [1.165, 1.54) is 30.3 Å². The molecule has 53 heavy (non-hydrogen) atoms. The van der Waals surface area contributed by atoms with Gasteiger partial charge in [-0.2, -0.15) is 0 Å². The Morgan fingerprint density at radius 1 is 0.509 bits per heavy atom. The summed E-state index contributed by atoms with van der Waals surface area (Å²) in [6.07, 6.45) is 5.18. The molecule has 6 rings (SSSR count). The number of nitrogens with zero attached hydrogens (tertiary/aromatic N) is 3. The van der Waals surface area contributed by atoms with Gasteiger partial charge in [-0.1, -0.05) is 68.8 Å². The van der Waals surface area contributed by atoms with E-state index in [1.54, 1.807) is 12.1 Å². The van der Waals surface area contributed by atoms with Crippen molar-refractivity contribution >= 4 is 11.6 Å². The summed E-state index contributed by atoms with van der Waals surface area (Å²) < 4.78 is 67.2. The first-order valence-electron chi connectivity index (χ1n) is 18.9. The van der Waals surface area contributed by atoms with Gasteiger partial charge in [-0.05, 0) is 89.2 Å². The summed E-state index contributed by atoms with van der Waals surface area (Å²) in [4.78, 5) is 6.75. The monoisotopic (exact) mass is 767 g/mol. The Kier molecular flexibility index (Phi) is 15.7. The van der Waals surface area contributed by atoms with Crippen LogP contribution in [0.5, 0.6) is 0 Å². The Morgan fingerprint density at radius 2 is 0.830 bits per heavy atom. The van der Waals surface area contributed by atoms with Gasteiger partial charge >= 0.3 is 0 Å². The molecule has 3 heterocycles. The first-order valence-corrected chi connectivity index (χ1v) is 19.3. The first kappa shape index (κ1) is 43.1. The van der Waals surface area contributed by atoms with Crippen molar-refractivity contribution in [3.05, 3.63) is 105 Å². The molecule has 3 N–H and O–H groups in total. The average Bonchev–Trinajstić information content (AvgIpc) is 3.15. The third kappa shape index (κ3) is 10.8. The molecular weight excluding hydrogens is 713 g/mol. The summed E-state index contributed by atoms with van der Waals surface area (Å²) in [6.45, 7) is 13.8. The van der Waals surface area contributed by atoms with Gasteiger partial charge < -0.3 is 30.0 Å². The van der Waals surface area contributed by atoms with E-state index in [0.29, 0.717) is 57.2 Å². The maximum absolute atomic E-state index is 13.7. The number of hydrogen-bond donors (Lipinski definition) is 3. The molecule has 0 saturated carbocycles. The second-order valence-corrected chi connectivity index (χ2v) is 14.9. The molecule has 3 aliphatic rings. The minimum atomic E-state index is -1.23. The van der Waals surface area contributed by atoms with Crippen LogP contribution in [0.4, 0.5) is 22.0 Å². The van der Waals surface area contributed by atoms with Crippen molar-refractivity contribution in [1.29, 1.82) is 0 Å². The highest BCUT2D eigenvalue weighted by Gasteiger charge is 2.38. The summed E-state index contributed by atoms with van der Waals surface area (Å²) in [6, 6.07) is 12.6. The lowest BCUT2D eigenvalue weighted by Gasteiger charge is -2.38.